The van der Waals surface area contributed by atoms with Crippen molar-refractivity contribution >= 4 is 11.6 Å². The van der Waals surface area contributed by atoms with Crippen LogP contribution in [0.5, 0.6) is 0 Å². The normalized spacial score (nSPS) is 17.1. The van der Waals surface area contributed by atoms with Gasteiger partial charge in [-0.2, -0.15) is 13.2 Å². The third-order valence-electron chi connectivity index (χ3n) is 4.60. The van der Waals surface area contributed by atoms with Crippen molar-refractivity contribution in [2.24, 2.45) is 5.73 Å². The largest absolute Gasteiger partial charge is 0.416 e. The topological polar surface area (TPSA) is 49.6 Å². The van der Waals surface area contributed by atoms with E-state index in [2.05, 4.69) is 0 Å². The highest BCUT2D eigenvalue weighted by Crippen LogP contribution is 2.32. The fourth-order valence-corrected chi connectivity index (χ4v) is 3.31. The zero-order chi connectivity index (χ0) is 18.7. The first-order chi connectivity index (χ1) is 12.4. The molecular weight excluding hydrogens is 343 g/mol. The Kier molecular flexibility index (Phi) is 5.18. The number of anilines is 1. The minimum absolute atomic E-state index is 0.427. The van der Waals surface area contributed by atoms with Gasteiger partial charge in [-0.1, -0.05) is 36.4 Å². The maximum Gasteiger partial charge on any atom is 0.416 e. The summed E-state index contributed by atoms with van der Waals surface area (Å²) in [7, 11) is 0. The van der Waals surface area contributed by atoms with Gasteiger partial charge in [0.05, 0.1) is 5.56 Å². The highest BCUT2D eigenvalue weighted by Gasteiger charge is 2.32. The molecule has 1 amide bonds. The van der Waals surface area contributed by atoms with Crippen molar-refractivity contribution in [3.8, 4) is 0 Å². The number of hydrogen-bond donors (Lipinski definition) is 1. The Morgan fingerprint density at radius 1 is 0.962 bits per heavy atom. The molecule has 0 radical (unpaired) electrons. The van der Waals surface area contributed by atoms with E-state index in [0.717, 1.165) is 11.6 Å². The number of alkyl halides is 3. The molecule has 1 aliphatic heterocycles. The third-order valence-corrected chi connectivity index (χ3v) is 4.60. The molecule has 0 saturated carbocycles. The summed E-state index contributed by atoms with van der Waals surface area (Å²) in [5.74, 6) is -0.427. The van der Waals surface area contributed by atoms with Crippen LogP contribution in [-0.2, 0) is 11.0 Å². The smallest absolute Gasteiger partial charge is 0.369 e. The number of piperazine rings is 1. The molecule has 1 saturated heterocycles. The van der Waals surface area contributed by atoms with Gasteiger partial charge in [-0.15, -0.1) is 0 Å². The van der Waals surface area contributed by atoms with Crippen LogP contribution in [-0.4, -0.2) is 37.0 Å². The summed E-state index contributed by atoms with van der Waals surface area (Å²) in [6, 6.07) is 14.1. The van der Waals surface area contributed by atoms with Gasteiger partial charge in [0.25, 0.3) is 0 Å². The van der Waals surface area contributed by atoms with Crippen molar-refractivity contribution in [1.82, 2.24) is 4.90 Å². The summed E-state index contributed by atoms with van der Waals surface area (Å²) in [6.07, 6.45) is -4.36. The molecule has 4 nitrogen and oxygen atoms in total. The highest BCUT2D eigenvalue weighted by molar-refractivity contribution is 5.81. The molecule has 1 heterocycles. The second-order valence-electron chi connectivity index (χ2n) is 6.29. The fraction of sp³-hybridized carbons (Fsp3) is 0.316. The van der Waals surface area contributed by atoms with E-state index in [9.17, 15) is 18.0 Å². The number of benzene rings is 2. The Bertz CT molecular complexity index is 756. The maximum absolute atomic E-state index is 12.9. The average Bonchev–Trinajstić information content (AvgIpc) is 2.62. The van der Waals surface area contributed by atoms with E-state index >= 15 is 0 Å². The molecular formula is C19H20F3N3O. The maximum atomic E-state index is 12.9. The van der Waals surface area contributed by atoms with Gasteiger partial charge in [-0.05, 0) is 23.8 Å². The van der Waals surface area contributed by atoms with Crippen LogP contribution in [0.2, 0.25) is 0 Å². The van der Waals surface area contributed by atoms with E-state index < -0.39 is 23.7 Å². The second-order valence-corrected chi connectivity index (χ2v) is 6.29. The molecule has 0 spiro atoms. The number of amides is 1. The van der Waals surface area contributed by atoms with Crippen LogP contribution in [0.25, 0.3) is 0 Å². The summed E-state index contributed by atoms with van der Waals surface area (Å²) >= 11 is 0. The summed E-state index contributed by atoms with van der Waals surface area (Å²) in [6.45, 7) is 2.13. The lowest BCUT2D eigenvalue weighted by Crippen LogP contribution is -2.50. The van der Waals surface area contributed by atoms with Crippen molar-refractivity contribution < 1.29 is 18.0 Å². The molecule has 1 atom stereocenters. The summed E-state index contributed by atoms with van der Waals surface area (Å²) < 4.78 is 38.7. The lowest BCUT2D eigenvalue weighted by atomic mass is 10.0. The number of nitrogens with zero attached hydrogens (tertiary/aromatic N) is 2. The van der Waals surface area contributed by atoms with Gasteiger partial charge in [-0.25, -0.2) is 0 Å². The Morgan fingerprint density at radius 3 is 2.19 bits per heavy atom. The molecule has 7 heteroatoms. The van der Waals surface area contributed by atoms with Crippen molar-refractivity contribution in [3.63, 3.8) is 0 Å². The summed E-state index contributed by atoms with van der Waals surface area (Å²) in [5, 5.41) is 0. The first-order valence-corrected chi connectivity index (χ1v) is 8.37. The van der Waals surface area contributed by atoms with Crippen molar-refractivity contribution in [3.05, 3.63) is 65.7 Å². The fourth-order valence-electron chi connectivity index (χ4n) is 3.31. The molecule has 3 rings (SSSR count). The third kappa shape index (κ3) is 3.99. The van der Waals surface area contributed by atoms with Crippen LogP contribution in [0.4, 0.5) is 18.9 Å². The lowest BCUT2D eigenvalue weighted by Gasteiger charge is -2.39. The first kappa shape index (κ1) is 18.3. The Balaban J connectivity index is 1.72. The number of rotatable bonds is 4. The molecule has 1 unspecified atom stereocenters. The lowest BCUT2D eigenvalue weighted by molar-refractivity contribution is -0.137. The number of nitrogens with two attached hydrogens (primary N) is 1. The van der Waals surface area contributed by atoms with Crippen LogP contribution in [0.1, 0.15) is 17.2 Å². The standard InChI is InChI=1S/C19H20F3N3O/c20-19(21,22)15-7-4-8-16(13-15)24-9-11-25(12-10-24)17(18(23)26)14-5-2-1-3-6-14/h1-8,13,17H,9-12H2,(H2,23,26). The number of carbonyl (C=O) groups is 1. The van der Waals surface area contributed by atoms with Gasteiger partial charge in [0, 0.05) is 31.9 Å². The monoisotopic (exact) mass is 363 g/mol. The van der Waals surface area contributed by atoms with Crippen LogP contribution in [0, 0.1) is 0 Å². The number of primary amides is 1. The van der Waals surface area contributed by atoms with Crippen molar-refractivity contribution in [2.45, 2.75) is 12.2 Å². The Morgan fingerprint density at radius 2 is 1.62 bits per heavy atom. The molecule has 26 heavy (non-hydrogen) atoms. The molecule has 1 fully saturated rings. The zero-order valence-electron chi connectivity index (χ0n) is 14.1. The van der Waals surface area contributed by atoms with Gasteiger partial charge in [0.1, 0.15) is 6.04 Å². The molecule has 2 aromatic carbocycles. The van der Waals surface area contributed by atoms with Crippen LogP contribution < -0.4 is 10.6 Å². The number of carbonyl (C=O) groups excluding carboxylic acids is 1. The molecule has 1 aliphatic rings. The predicted molar refractivity (Wildman–Crippen MR) is 93.6 cm³/mol. The minimum Gasteiger partial charge on any atom is -0.369 e. The van der Waals surface area contributed by atoms with E-state index in [-0.39, 0.29) is 0 Å². The number of hydrogen-bond acceptors (Lipinski definition) is 3. The van der Waals surface area contributed by atoms with E-state index in [1.165, 1.54) is 12.1 Å². The molecule has 0 aliphatic carbocycles. The summed E-state index contributed by atoms with van der Waals surface area (Å²) in [5.41, 5.74) is 6.30. The van der Waals surface area contributed by atoms with Crippen molar-refractivity contribution in [1.29, 1.82) is 0 Å². The van der Waals surface area contributed by atoms with Crippen LogP contribution >= 0.6 is 0 Å². The molecule has 2 N–H and O–H groups in total. The van der Waals surface area contributed by atoms with Crippen molar-refractivity contribution in [2.75, 3.05) is 31.1 Å². The van der Waals surface area contributed by atoms with Crippen LogP contribution in [0.3, 0.4) is 0 Å². The summed E-state index contributed by atoms with van der Waals surface area (Å²) in [4.78, 5) is 15.8. The second kappa shape index (κ2) is 7.37. The first-order valence-electron chi connectivity index (χ1n) is 8.37. The molecule has 0 bridgehead atoms. The molecule has 138 valence electrons. The Hall–Kier alpha value is -2.54. The SMILES string of the molecule is NC(=O)C(c1ccccc1)N1CCN(c2cccc(C(F)(F)F)c2)CC1. The van der Waals surface area contributed by atoms with Crippen LogP contribution in [0.15, 0.2) is 54.6 Å². The average molecular weight is 363 g/mol. The van der Waals surface area contributed by atoms with Gasteiger partial charge in [-0.3, -0.25) is 9.69 Å². The quantitative estimate of drug-likeness (QED) is 0.908. The predicted octanol–water partition coefficient (Wildman–Crippen LogP) is 3.05. The van der Waals surface area contributed by atoms with Gasteiger partial charge in [0.15, 0.2) is 0 Å². The van der Waals surface area contributed by atoms with Gasteiger partial charge >= 0.3 is 6.18 Å². The molecule has 2 aromatic rings. The van der Waals surface area contributed by atoms with E-state index in [0.29, 0.717) is 31.9 Å². The minimum atomic E-state index is -4.36. The van der Waals surface area contributed by atoms with E-state index in [4.69, 9.17) is 5.73 Å². The Labute approximate surface area is 150 Å². The van der Waals surface area contributed by atoms with Gasteiger partial charge < -0.3 is 10.6 Å². The van der Waals surface area contributed by atoms with E-state index in [1.807, 2.05) is 40.1 Å². The van der Waals surface area contributed by atoms with Gasteiger partial charge in [0.2, 0.25) is 5.91 Å². The van der Waals surface area contributed by atoms with E-state index in [1.54, 1.807) is 6.07 Å². The zero-order valence-corrected chi connectivity index (χ0v) is 14.1. The number of halogens is 3. The highest BCUT2D eigenvalue weighted by atomic mass is 19.4. The molecule has 0 aromatic heterocycles.